The first kappa shape index (κ1) is 16.8. The van der Waals surface area contributed by atoms with Gasteiger partial charge in [-0.25, -0.2) is 0 Å². The topological polar surface area (TPSA) is 63.9 Å². The molecule has 0 aliphatic rings. The number of hydrogen-bond donors (Lipinski definition) is 2. The first-order valence-electron chi connectivity index (χ1n) is 8.05. The van der Waals surface area contributed by atoms with Crippen LogP contribution in [0.25, 0.3) is 16.8 Å². The van der Waals surface area contributed by atoms with Crippen molar-refractivity contribution >= 4 is 0 Å². The third kappa shape index (κ3) is 3.40. The zero-order valence-corrected chi connectivity index (χ0v) is 14.4. The van der Waals surface area contributed by atoms with Crippen molar-refractivity contribution in [2.75, 3.05) is 7.11 Å². The van der Waals surface area contributed by atoms with E-state index < -0.39 is 0 Å². The number of hydrogen-bond acceptors (Lipinski definition) is 4. The molecule has 1 heterocycles. The molecule has 3 rings (SSSR count). The summed E-state index contributed by atoms with van der Waals surface area (Å²) in [6, 6.07) is 16.0. The number of methoxy groups -OCH3 is 1. The summed E-state index contributed by atoms with van der Waals surface area (Å²) in [6.07, 6.45) is 0.0967. The van der Waals surface area contributed by atoms with Crippen LogP contribution in [0.5, 0.6) is 23.3 Å². The fraction of sp³-hybridized carbons (Fsp3) is 0.200. The molecule has 0 aliphatic carbocycles. The Morgan fingerprint density at radius 3 is 2.04 bits per heavy atom. The summed E-state index contributed by atoms with van der Waals surface area (Å²) in [5.74, 6) is 1.40. The Morgan fingerprint density at radius 1 is 0.880 bits per heavy atom. The van der Waals surface area contributed by atoms with Gasteiger partial charge in [0.25, 0.3) is 0 Å². The second-order valence-corrected chi connectivity index (χ2v) is 5.96. The number of aromatic hydroxyl groups is 2. The van der Waals surface area contributed by atoms with Crippen LogP contribution in [0.2, 0.25) is 0 Å². The average molecular weight is 339 g/mol. The van der Waals surface area contributed by atoms with E-state index >= 15 is 0 Å². The van der Waals surface area contributed by atoms with E-state index in [0.717, 1.165) is 11.3 Å². The first-order chi connectivity index (χ1) is 12.0. The molecule has 1 aromatic heterocycles. The lowest BCUT2D eigenvalue weighted by molar-refractivity contribution is 0.242. The lowest BCUT2D eigenvalue weighted by Crippen LogP contribution is -2.05. The molecule has 0 saturated heterocycles. The van der Waals surface area contributed by atoms with Crippen molar-refractivity contribution in [1.29, 1.82) is 0 Å². The van der Waals surface area contributed by atoms with Gasteiger partial charge in [0.15, 0.2) is 5.88 Å². The van der Waals surface area contributed by atoms with Crippen LogP contribution >= 0.6 is 0 Å². The molecule has 0 saturated carbocycles. The Kier molecular flexibility index (Phi) is 4.57. The highest BCUT2D eigenvalue weighted by Gasteiger charge is 2.17. The van der Waals surface area contributed by atoms with E-state index in [9.17, 15) is 10.2 Å². The van der Waals surface area contributed by atoms with Crippen LogP contribution in [-0.2, 0) is 0 Å². The lowest BCUT2D eigenvalue weighted by atomic mass is 10.1. The highest BCUT2D eigenvalue weighted by atomic mass is 16.5. The van der Waals surface area contributed by atoms with Gasteiger partial charge in [0.1, 0.15) is 11.5 Å². The van der Waals surface area contributed by atoms with Gasteiger partial charge in [-0.15, -0.1) is 0 Å². The second-order valence-electron chi connectivity index (χ2n) is 5.96. The van der Waals surface area contributed by atoms with Crippen molar-refractivity contribution in [1.82, 2.24) is 4.57 Å². The molecule has 5 heteroatoms. The van der Waals surface area contributed by atoms with Crippen LogP contribution in [0.1, 0.15) is 13.8 Å². The van der Waals surface area contributed by atoms with Gasteiger partial charge in [0.05, 0.1) is 18.9 Å². The third-order valence-corrected chi connectivity index (χ3v) is 3.82. The molecule has 0 atom stereocenters. The van der Waals surface area contributed by atoms with Gasteiger partial charge in [-0.2, -0.15) is 0 Å². The summed E-state index contributed by atoms with van der Waals surface area (Å²) in [4.78, 5) is 0. The van der Waals surface area contributed by atoms with Gasteiger partial charge in [-0.3, -0.25) is 4.57 Å². The van der Waals surface area contributed by atoms with E-state index in [1.54, 1.807) is 31.4 Å². The second kappa shape index (κ2) is 6.81. The third-order valence-electron chi connectivity index (χ3n) is 3.82. The van der Waals surface area contributed by atoms with E-state index in [4.69, 9.17) is 9.47 Å². The van der Waals surface area contributed by atoms with Gasteiger partial charge >= 0.3 is 0 Å². The van der Waals surface area contributed by atoms with Crippen molar-refractivity contribution in [3.8, 4) is 40.1 Å². The average Bonchev–Trinajstić information content (AvgIpc) is 2.90. The van der Waals surface area contributed by atoms with Crippen LogP contribution in [0.15, 0.2) is 54.6 Å². The standard InChI is InChI=1S/C20H21NO4/c1-13(2)25-17-8-4-14(5-9-17)18-12-19(22)21(20(18)23)15-6-10-16(24-3)11-7-15/h4-13,22-23H,1-3H3. The Morgan fingerprint density at radius 2 is 1.48 bits per heavy atom. The van der Waals surface area contributed by atoms with Crippen LogP contribution in [0.4, 0.5) is 0 Å². The molecule has 3 aromatic rings. The van der Waals surface area contributed by atoms with Crippen molar-refractivity contribution in [3.63, 3.8) is 0 Å². The van der Waals surface area contributed by atoms with Crippen LogP contribution in [0, 0.1) is 0 Å². The van der Waals surface area contributed by atoms with Crippen LogP contribution in [-0.4, -0.2) is 28.0 Å². The summed E-state index contributed by atoms with van der Waals surface area (Å²) < 4.78 is 12.1. The number of rotatable bonds is 5. The molecule has 130 valence electrons. The zero-order chi connectivity index (χ0) is 18.0. The number of nitrogens with zero attached hydrogens (tertiary/aromatic N) is 1. The SMILES string of the molecule is COc1ccc(-n2c(O)cc(-c3ccc(OC(C)C)cc3)c2O)cc1. The fourth-order valence-corrected chi connectivity index (χ4v) is 2.67. The van der Waals surface area contributed by atoms with Gasteiger partial charge < -0.3 is 19.7 Å². The summed E-state index contributed by atoms with van der Waals surface area (Å²) in [5, 5.41) is 20.9. The predicted octanol–water partition coefficient (Wildman–Crippen LogP) is 4.35. The highest BCUT2D eigenvalue weighted by molar-refractivity contribution is 5.73. The smallest absolute Gasteiger partial charge is 0.206 e. The minimum atomic E-state index is -0.0415. The van der Waals surface area contributed by atoms with Crippen molar-refractivity contribution in [2.45, 2.75) is 20.0 Å². The van der Waals surface area contributed by atoms with E-state index in [-0.39, 0.29) is 17.9 Å². The monoisotopic (exact) mass is 339 g/mol. The van der Waals surface area contributed by atoms with Gasteiger partial charge in [0.2, 0.25) is 5.88 Å². The summed E-state index contributed by atoms with van der Waals surface area (Å²) >= 11 is 0. The van der Waals surface area contributed by atoms with E-state index in [0.29, 0.717) is 17.0 Å². The molecule has 5 nitrogen and oxygen atoms in total. The fourth-order valence-electron chi connectivity index (χ4n) is 2.67. The highest BCUT2D eigenvalue weighted by Crippen LogP contribution is 2.39. The minimum absolute atomic E-state index is 0.0276. The maximum Gasteiger partial charge on any atom is 0.206 e. The maximum absolute atomic E-state index is 10.6. The molecule has 2 aromatic carbocycles. The predicted molar refractivity (Wildman–Crippen MR) is 96.9 cm³/mol. The maximum atomic E-state index is 10.6. The Hall–Kier alpha value is -3.08. The molecule has 2 N–H and O–H groups in total. The number of aromatic nitrogens is 1. The Balaban J connectivity index is 1.96. The lowest BCUT2D eigenvalue weighted by Gasteiger charge is -2.10. The van der Waals surface area contributed by atoms with E-state index in [2.05, 4.69) is 0 Å². The van der Waals surface area contributed by atoms with Gasteiger partial charge in [0, 0.05) is 11.6 Å². The molecule has 0 amide bonds. The largest absolute Gasteiger partial charge is 0.497 e. The molecular formula is C20H21NO4. The molecule has 25 heavy (non-hydrogen) atoms. The van der Waals surface area contributed by atoms with E-state index in [1.165, 1.54) is 10.6 Å². The molecule has 0 unspecified atom stereocenters. The summed E-state index contributed by atoms with van der Waals surface area (Å²) in [6.45, 7) is 3.93. The first-order valence-corrected chi connectivity index (χ1v) is 8.05. The molecule has 0 spiro atoms. The van der Waals surface area contributed by atoms with E-state index in [1.807, 2.05) is 38.1 Å². The van der Waals surface area contributed by atoms with Crippen LogP contribution < -0.4 is 9.47 Å². The van der Waals surface area contributed by atoms with Crippen LogP contribution in [0.3, 0.4) is 0 Å². The quantitative estimate of drug-likeness (QED) is 0.725. The Labute approximate surface area is 146 Å². The normalized spacial score (nSPS) is 10.9. The van der Waals surface area contributed by atoms with Gasteiger partial charge in [-0.05, 0) is 55.8 Å². The molecular weight excluding hydrogens is 318 g/mol. The Bertz CT molecular complexity index is 849. The zero-order valence-electron chi connectivity index (χ0n) is 14.4. The van der Waals surface area contributed by atoms with Crippen molar-refractivity contribution in [2.24, 2.45) is 0 Å². The minimum Gasteiger partial charge on any atom is -0.497 e. The number of ether oxygens (including phenoxy) is 2. The molecule has 0 fully saturated rings. The molecule has 0 bridgehead atoms. The summed E-state index contributed by atoms with van der Waals surface area (Å²) in [5.41, 5.74) is 1.97. The molecule has 0 aliphatic heterocycles. The number of benzene rings is 2. The molecule has 0 radical (unpaired) electrons. The van der Waals surface area contributed by atoms with Crippen molar-refractivity contribution in [3.05, 3.63) is 54.6 Å². The van der Waals surface area contributed by atoms with Crippen molar-refractivity contribution < 1.29 is 19.7 Å². The summed E-state index contributed by atoms with van der Waals surface area (Å²) in [7, 11) is 1.59. The van der Waals surface area contributed by atoms with Gasteiger partial charge in [-0.1, -0.05) is 12.1 Å².